The lowest BCUT2D eigenvalue weighted by Gasteiger charge is -2.20. The number of rotatable bonds is 6. The van der Waals surface area contributed by atoms with Gasteiger partial charge in [0.05, 0.1) is 6.20 Å². The van der Waals surface area contributed by atoms with E-state index < -0.39 is 5.97 Å². The zero-order valence-electron chi connectivity index (χ0n) is 13.4. The van der Waals surface area contributed by atoms with Crippen molar-refractivity contribution in [1.29, 1.82) is 0 Å². The minimum absolute atomic E-state index is 0.0595. The van der Waals surface area contributed by atoms with Crippen LogP contribution in [0.25, 0.3) is 0 Å². The molecule has 1 fully saturated rings. The highest BCUT2D eigenvalue weighted by molar-refractivity contribution is 7.13. The number of halogens is 1. The minimum Gasteiger partial charge on any atom is -0.480 e. The molecular formula is C17H17ClN2O4S. The molecular weight excluding hydrogens is 364 g/mol. The SMILES string of the molecule is O=C(O)CN(Cc1ccc(Cl)cc1)C(=O)c1cnc(C2CCCO2)s1. The van der Waals surface area contributed by atoms with Gasteiger partial charge in [-0.2, -0.15) is 0 Å². The van der Waals surface area contributed by atoms with Gasteiger partial charge in [0.1, 0.15) is 22.5 Å². The Hall–Kier alpha value is -1.96. The molecule has 25 heavy (non-hydrogen) atoms. The number of carbonyl (C=O) groups is 2. The van der Waals surface area contributed by atoms with Crippen LogP contribution < -0.4 is 0 Å². The standard InChI is InChI=1S/C17H17ClN2O4S/c18-12-5-3-11(4-6-12)9-20(10-15(21)22)17(23)14-8-19-16(25-14)13-2-1-7-24-13/h3-6,8,13H,1-2,7,9-10H2,(H,21,22). The fraction of sp³-hybridized carbons (Fsp3) is 0.353. The van der Waals surface area contributed by atoms with Crippen LogP contribution in [0.2, 0.25) is 5.02 Å². The molecule has 3 rings (SSSR count). The summed E-state index contributed by atoms with van der Waals surface area (Å²) in [5.41, 5.74) is 0.808. The Labute approximate surface area is 154 Å². The molecule has 2 aromatic rings. The predicted molar refractivity (Wildman–Crippen MR) is 93.9 cm³/mol. The summed E-state index contributed by atoms with van der Waals surface area (Å²) < 4.78 is 5.58. The van der Waals surface area contributed by atoms with Crippen LogP contribution in [0.1, 0.15) is 39.2 Å². The molecule has 1 aliphatic rings. The number of benzene rings is 1. The summed E-state index contributed by atoms with van der Waals surface area (Å²) in [6, 6.07) is 6.97. The average molecular weight is 381 g/mol. The molecule has 1 atom stereocenters. The highest BCUT2D eigenvalue weighted by atomic mass is 35.5. The van der Waals surface area contributed by atoms with Crippen LogP contribution in [0.5, 0.6) is 0 Å². The van der Waals surface area contributed by atoms with E-state index in [0.29, 0.717) is 16.5 Å². The van der Waals surface area contributed by atoms with Gasteiger partial charge in [-0.1, -0.05) is 23.7 Å². The minimum atomic E-state index is -1.06. The lowest BCUT2D eigenvalue weighted by Crippen LogP contribution is -2.34. The molecule has 1 saturated heterocycles. The van der Waals surface area contributed by atoms with E-state index in [4.69, 9.17) is 21.4 Å². The Morgan fingerprint density at radius 2 is 2.12 bits per heavy atom. The Bertz CT molecular complexity index is 756. The van der Waals surface area contributed by atoms with Gasteiger partial charge in [0.25, 0.3) is 5.91 Å². The van der Waals surface area contributed by atoms with Crippen molar-refractivity contribution in [2.24, 2.45) is 0 Å². The molecule has 0 radical (unpaired) electrons. The number of aliphatic carboxylic acids is 1. The Morgan fingerprint density at radius 3 is 2.76 bits per heavy atom. The van der Waals surface area contributed by atoms with Crippen molar-refractivity contribution in [2.75, 3.05) is 13.2 Å². The summed E-state index contributed by atoms with van der Waals surface area (Å²) in [5, 5.41) is 10.5. The van der Waals surface area contributed by atoms with E-state index in [1.165, 1.54) is 22.4 Å². The highest BCUT2D eigenvalue weighted by Crippen LogP contribution is 2.31. The first-order valence-electron chi connectivity index (χ1n) is 7.86. The molecule has 1 aromatic heterocycles. The first-order chi connectivity index (χ1) is 12.0. The van der Waals surface area contributed by atoms with Crippen LogP contribution in [0.4, 0.5) is 0 Å². The second kappa shape index (κ2) is 7.95. The van der Waals surface area contributed by atoms with Crippen LogP contribution >= 0.6 is 22.9 Å². The molecule has 0 spiro atoms. The van der Waals surface area contributed by atoms with Gasteiger partial charge in [-0.15, -0.1) is 11.3 Å². The molecule has 132 valence electrons. The molecule has 0 saturated carbocycles. The number of carboxylic acid groups (broad SMARTS) is 1. The summed E-state index contributed by atoms with van der Waals surface area (Å²) in [5.74, 6) is -1.41. The van der Waals surface area contributed by atoms with E-state index in [1.54, 1.807) is 24.3 Å². The molecule has 8 heteroatoms. The summed E-state index contributed by atoms with van der Waals surface area (Å²) in [4.78, 5) is 29.9. The van der Waals surface area contributed by atoms with Crippen LogP contribution in [-0.2, 0) is 16.1 Å². The Kier molecular flexibility index (Phi) is 5.67. The van der Waals surface area contributed by atoms with Crippen molar-refractivity contribution in [3.8, 4) is 0 Å². The van der Waals surface area contributed by atoms with E-state index in [2.05, 4.69) is 4.98 Å². The quantitative estimate of drug-likeness (QED) is 0.831. The molecule has 0 aliphatic carbocycles. The molecule has 1 aliphatic heterocycles. The highest BCUT2D eigenvalue weighted by Gasteiger charge is 2.25. The van der Waals surface area contributed by atoms with Crippen molar-refractivity contribution < 1.29 is 19.4 Å². The summed E-state index contributed by atoms with van der Waals surface area (Å²) >= 11 is 7.13. The largest absolute Gasteiger partial charge is 0.480 e. The normalized spacial score (nSPS) is 16.8. The van der Waals surface area contributed by atoms with Gasteiger partial charge in [0.2, 0.25) is 0 Å². The van der Waals surface area contributed by atoms with Crippen molar-refractivity contribution >= 4 is 34.8 Å². The zero-order valence-corrected chi connectivity index (χ0v) is 14.9. The maximum absolute atomic E-state index is 12.7. The maximum atomic E-state index is 12.7. The van der Waals surface area contributed by atoms with E-state index >= 15 is 0 Å². The molecule has 2 heterocycles. The van der Waals surface area contributed by atoms with Gasteiger partial charge in [0.15, 0.2) is 0 Å². The van der Waals surface area contributed by atoms with Gasteiger partial charge in [-0.05, 0) is 30.5 Å². The summed E-state index contributed by atoms with van der Waals surface area (Å²) in [7, 11) is 0. The smallest absolute Gasteiger partial charge is 0.323 e. The number of amides is 1. The third-order valence-electron chi connectivity index (χ3n) is 3.84. The van der Waals surface area contributed by atoms with Crippen LogP contribution in [0.15, 0.2) is 30.5 Å². The number of carbonyl (C=O) groups excluding carboxylic acids is 1. The van der Waals surface area contributed by atoms with Crippen LogP contribution in [0.3, 0.4) is 0 Å². The molecule has 6 nitrogen and oxygen atoms in total. The first kappa shape index (κ1) is 17.8. The Balaban J connectivity index is 1.76. The van der Waals surface area contributed by atoms with E-state index in [1.807, 2.05) is 0 Å². The lowest BCUT2D eigenvalue weighted by molar-refractivity contribution is -0.137. The monoisotopic (exact) mass is 380 g/mol. The van der Waals surface area contributed by atoms with Gasteiger partial charge in [0, 0.05) is 18.2 Å². The van der Waals surface area contributed by atoms with E-state index in [0.717, 1.165) is 23.4 Å². The number of hydrogen-bond donors (Lipinski definition) is 1. The first-order valence-corrected chi connectivity index (χ1v) is 9.05. The fourth-order valence-electron chi connectivity index (χ4n) is 2.64. The number of aromatic nitrogens is 1. The third kappa shape index (κ3) is 4.56. The molecule has 0 bridgehead atoms. The fourth-order valence-corrected chi connectivity index (χ4v) is 3.73. The van der Waals surface area contributed by atoms with Gasteiger partial charge < -0.3 is 14.7 Å². The second-order valence-corrected chi connectivity index (χ2v) is 7.24. The van der Waals surface area contributed by atoms with Crippen molar-refractivity contribution in [3.63, 3.8) is 0 Å². The third-order valence-corrected chi connectivity index (χ3v) is 5.17. The average Bonchev–Trinajstić information content (AvgIpc) is 3.26. The number of thiazole rings is 1. The summed E-state index contributed by atoms with van der Waals surface area (Å²) in [6.07, 6.45) is 3.32. The number of ether oxygens (including phenoxy) is 1. The van der Waals surface area contributed by atoms with Gasteiger partial charge in [-0.3, -0.25) is 9.59 Å². The molecule has 1 amide bonds. The number of hydrogen-bond acceptors (Lipinski definition) is 5. The van der Waals surface area contributed by atoms with E-state index in [-0.39, 0.29) is 25.1 Å². The van der Waals surface area contributed by atoms with E-state index in [9.17, 15) is 9.59 Å². The predicted octanol–water partition coefficient (Wildman–Crippen LogP) is 3.38. The van der Waals surface area contributed by atoms with Crippen LogP contribution in [-0.4, -0.2) is 40.0 Å². The van der Waals surface area contributed by atoms with Crippen molar-refractivity contribution in [3.05, 3.63) is 50.9 Å². The number of carboxylic acids is 1. The van der Waals surface area contributed by atoms with Crippen molar-refractivity contribution in [1.82, 2.24) is 9.88 Å². The zero-order chi connectivity index (χ0) is 17.8. The van der Waals surface area contributed by atoms with Crippen molar-refractivity contribution in [2.45, 2.75) is 25.5 Å². The molecule has 1 aromatic carbocycles. The Morgan fingerprint density at radius 1 is 1.36 bits per heavy atom. The maximum Gasteiger partial charge on any atom is 0.323 e. The lowest BCUT2D eigenvalue weighted by atomic mass is 10.2. The van der Waals surface area contributed by atoms with Gasteiger partial charge >= 0.3 is 5.97 Å². The number of nitrogens with zero attached hydrogens (tertiary/aromatic N) is 2. The van der Waals surface area contributed by atoms with Crippen LogP contribution in [0, 0.1) is 0 Å². The summed E-state index contributed by atoms with van der Waals surface area (Å²) in [6.45, 7) is 0.513. The second-order valence-electron chi connectivity index (χ2n) is 5.75. The van der Waals surface area contributed by atoms with Gasteiger partial charge in [-0.25, -0.2) is 4.98 Å². The molecule has 1 unspecified atom stereocenters. The topological polar surface area (TPSA) is 79.7 Å². The molecule has 1 N–H and O–H groups in total.